The lowest BCUT2D eigenvalue weighted by molar-refractivity contribution is -0.116. The standard InChI is InChI=1S/C28H38N8O3S/c1-20-18-24(33-32-20)29-26-25(38-3)27(31-28(30-26)40-23-6-4-22(5-7-23)19-21(2)37)36-12-10-34(11-13-36)8-9-35-14-16-39-17-15-35/h4-7,18H,8-17,19H2,1-3H3,(H2,29,30,31,32,33). The fraction of sp³-hybridized carbons (Fsp3) is 0.500. The van der Waals surface area contributed by atoms with Crippen LogP contribution in [0.1, 0.15) is 18.2 Å². The molecule has 0 spiro atoms. The summed E-state index contributed by atoms with van der Waals surface area (Å²) in [7, 11) is 1.66. The van der Waals surface area contributed by atoms with E-state index in [1.165, 1.54) is 11.8 Å². The van der Waals surface area contributed by atoms with Gasteiger partial charge in [-0.25, -0.2) is 9.97 Å². The molecule has 0 aliphatic carbocycles. The Kier molecular flexibility index (Phi) is 9.53. The third kappa shape index (κ3) is 7.51. The number of morpholine rings is 1. The van der Waals surface area contributed by atoms with Crippen LogP contribution in [-0.4, -0.2) is 108 Å². The van der Waals surface area contributed by atoms with Crippen LogP contribution in [0.3, 0.4) is 0 Å². The number of piperazine rings is 1. The Balaban J connectivity index is 1.33. The van der Waals surface area contributed by atoms with Gasteiger partial charge in [0.2, 0.25) is 5.75 Å². The lowest BCUT2D eigenvalue weighted by Gasteiger charge is -2.37. The van der Waals surface area contributed by atoms with Gasteiger partial charge in [-0.2, -0.15) is 5.10 Å². The average Bonchev–Trinajstić information content (AvgIpc) is 3.37. The number of carbonyl (C=O) groups excluding carboxylic acids is 1. The first-order chi connectivity index (χ1) is 19.5. The molecule has 0 unspecified atom stereocenters. The number of aromatic nitrogens is 4. The molecular weight excluding hydrogens is 528 g/mol. The van der Waals surface area contributed by atoms with Crippen molar-refractivity contribution >= 4 is 35.0 Å². The minimum Gasteiger partial charge on any atom is -0.490 e. The van der Waals surface area contributed by atoms with E-state index < -0.39 is 0 Å². The summed E-state index contributed by atoms with van der Waals surface area (Å²) in [5, 5.41) is 11.2. The molecule has 1 aromatic carbocycles. The third-order valence-corrected chi connectivity index (χ3v) is 7.95. The van der Waals surface area contributed by atoms with Crippen LogP contribution >= 0.6 is 11.8 Å². The maximum atomic E-state index is 11.5. The molecule has 2 N–H and O–H groups in total. The molecule has 2 aromatic heterocycles. The van der Waals surface area contributed by atoms with Gasteiger partial charge < -0.3 is 19.7 Å². The summed E-state index contributed by atoms with van der Waals surface area (Å²) >= 11 is 1.48. The Morgan fingerprint density at radius 3 is 2.38 bits per heavy atom. The number of nitrogens with zero attached hydrogens (tertiary/aromatic N) is 6. The van der Waals surface area contributed by atoms with Gasteiger partial charge in [0.25, 0.3) is 0 Å². The van der Waals surface area contributed by atoms with Crippen molar-refractivity contribution in [1.82, 2.24) is 30.0 Å². The van der Waals surface area contributed by atoms with Crippen molar-refractivity contribution in [3.05, 3.63) is 41.6 Å². The molecule has 40 heavy (non-hydrogen) atoms. The van der Waals surface area contributed by atoms with Gasteiger partial charge >= 0.3 is 0 Å². The third-order valence-electron chi connectivity index (χ3n) is 7.08. The minimum absolute atomic E-state index is 0.147. The van der Waals surface area contributed by atoms with Crippen LogP contribution in [-0.2, 0) is 16.0 Å². The Bertz CT molecular complexity index is 1270. The number of anilines is 3. The molecule has 0 radical (unpaired) electrons. The lowest BCUT2D eigenvalue weighted by atomic mass is 10.1. The molecular formula is C28H38N8O3S. The summed E-state index contributed by atoms with van der Waals surface area (Å²) < 4.78 is 11.4. The van der Waals surface area contributed by atoms with E-state index in [0.717, 1.165) is 87.5 Å². The van der Waals surface area contributed by atoms with E-state index >= 15 is 0 Å². The molecule has 3 aromatic rings. The van der Waals surface area contributed by atoms with Crippen LogP contribution < -0.4 is 15.0 Å². The van der Waals surface area contributed by atoms with E-state index in [-0.39, 0.29) is 5.78 Å². The van der Waals surface area contributed by atoms with E-state index in [2.05, 4.69) is 30.2 Å². The van der Waals surface area contributed by atoms with Gasteiger partial charge in [0.15, 0.2) is 22.6 Å². The zero-order valence-electron chi connectivity index (χ0n) is 23.5. The first-order valence-electron chi connectivity index (χ1n) is 13.8. The average molecular weight is 567 g/mol. The van der Waals surface area contributed by atoms with Crippen LogP contribution in [0.5, 0.6) is 5.75 Å². The first kappa shape index (κ1) is 28.3. The second-order valence-corrected chi connectivity index (χ2v) is 11.2. The highest BCUT2D eigenvalue weighted by Crippen LogP contribution is 2.38. The van der Waals surface area contributed by atoms with E-state index in [0.29, 0.717) is 29.0 Å². The number of Topliss-reactive ketones (excluding diaryl/α,β-unsaturated/α-hetero) is 1. The number of rotatable bonds is 11. The van der Waals surface area contributed by atoms with Crippen molar-refractivity contribution in [2.24, 2.45) is 0 Å². The van der Waals surface area contributed by atoms with Crippen molar-refractivity contribution in [3.8, 4) is 5.75 Å². The van der Waals surface area contributed by atoms with E-state index in [1.807, 2.05) is 37.3 Å². The summed E-state index contributed by atoms with van der Waals surface area (Å²) in [4.78, 5) is 29.6. The number of hydrogen-bond acceptors (Lipinski definition) is 11. The fourth-order valence-corrected chi connectivity index (χ4v) is 5.67. The Morgan fingerprint density at radius 1 is 1.05 bits per heavy atom. The Hall–Kier alpha value is -3.19. The molecule has 2 aliphatic rings. The largest absolute Gasteiger partial charge is 0.490 e. The number of carbonyl (C=O) groups is 1. The number of aryl methyl sites for hydroxylation is 1. The molecule has 0 amide bonds. The molecule has 4 heterocycles. The molecule has 0 bridgehead atoms. The lowest BCUT2D eigenvalue weighted by Crippen LogP contribution is -2.49. The number of ether oxygens (including phenoxy) is 2. The quantitative estimate of drug-likeness (QED) is 0.334. The zero-order valence-corrected chi connectivity index (χ0v) is 24.3. The zero-order chi connectivity index (χ0) is 27.9. The number of methoxy groups -OCH3 is 1. The predicted octanol–water partition coefficient (Wildman–Crippen LogP) is 3.00. The Morgan fingerprint density at radius 2 is 1.75 bits per heavy atom. The molecule has 5 rings (SSSR count). The molecule has 2 aliphatic heterocycles. The summed E-state index contributed by atoms with van der Waals surface area (Å²) in [5.74, 6) is 2.76. The van der Waals surface area contributed by atoms with Gasteiger partial charge in [-0.1, -0.05) is 12.1 Å². The fourth-order valence-electron chi connectivity index (χ4n) is 4.91. The van der Waals surface area contributed by atoms with Gasteiger partial charge in [-0.3, -0.25) is 19.7 Å². The smallest absolute Gasteiger partial charge is 0.204 e. The van der Waals surface area contributed by atoms with Crippen LogP contribution in [0.25, 0.3) is 0 Å². The maximum absolute atomic E-state index is 11.5. The molecule has 0 atom stereocenters. The highest BCUT2D eigenvalue weighted by atomic mass is 32.2. The SMILES string of the molecule is COc1c(Nc2cc(C)[nH]n2)nc(Sc2ccc(CC(C)=O)cc2)nc1N1CCN(CCN2CCOCC2)CC1. The molecule has 2 fully saturated rings. The van der Waals surface area contributed by atoms with Crippen molar-refractivity contribution in [3.63, 3.8) is 0 Å². The number of aromatic amines is 1. The summed E-state index contributed by atoms with van der Waals surface area (Å²) in [5.41, 5.74) is 1.94. The van der Waals surface area contributed by atoms with Crippen LogP contribution in [0, 0.1) is 6.92 Å². The first-order valence-corrected chi connectivity index (χ1v) is 14.6. The topological polar surface area (TPSA) is 112 Å². The Labute approximate surface area is 239 Å². The number of benzene rings is 1. The minimum atomic E-state index is 0.147. The molecule has 11 nitrogen and oxygen atoms in total. The van der Waals surface area contributed by atoms with Gasteiger partial charge in [0.05, 0.1) is 20.3 Å². The summed E-state index contributed by atoms with van der Waals surface area (Å²) in [6.07, 6.45) is 0.434. The molecule has 2 saturated heterocycles. The van der Waals surface area contributed by atoms with E-state index in [9.17, 15) is 4.79 Å². The van der Waals surface area contributed by atoms with Crippen LogP contribution in [0.2, 0.25) is 0 Å². The molecule has 0 saturated carbocycles. The predicted molar refractivity (Wildman–Crippen MR) is 156 cm³/mol. The molecule has 214 valence electrons. The number of ketones is 1. The van der Waals surface area contributed by atoms with Gasteiger partial charge in [0, 0.05) is 75.4 Å². The van der Waals surface area contributed by atoms with Crippen molar-refractivity contribution in [1.29, 1.82) is 0 Å². The van der Waals surface area contributed by atoms with E-state index in [4.69, 9.17) is 19.4 Å². The van der Waals surface area contributed by atoms with Crippen molar-refractivity contribution in [2.75, 3.05) is 82.9 Å². The number of H-pyrrole nitrogens is 1. The molecule has 12 heteroatoms. The number of hydrogen-bond donors (Lipinski definition) is 2. The summed E-state index contributed by atoms with van der Waals surface area (Å²) in [6, 6.07) is 9.90. The maximum Gasteiger partial charge on any atom is 0.204 e. The van der Waals surface area contributed by atoms with Crippen molar-refractivity contribution < 1.29 is 14.3 Å². The highest BCUT2D eigenvalue weighted by Gasteiger charge is 2.26. The monoisotopic (exact) mass is 566 g/mol. The van der Waals surface area contributed by atoms with E-state index in [1.54, 1.807) is 14.0 Å². The van der Waals surface area contributed by atoms with Crippen LogP contribution in [0.15, 0.2) is 40.4 Å². The second kappa shape index (κ2) is 13.4. The normalized spacial score (nSPS) is 16.7. The highest BCUT2D eigenvalue weighted by molar-refractivity contribution is 7.99. The summed E-state index contributed by atoms with van der Waals surface area (Å²) in [6.45, 7) is 13.0. The van der Waals surface area contributed by atoms with Crippen LogP contribution in [0.4, 0.5) is 17.5 Å². The number of nitrogens with one attached hydrogen (secondary N) is 2. The van der Waals surface area contributed by atoms with Gasteiger partial charge in [-0.05, 0) is 43.3 Å². The van der Waals surface area contributed by atoms with Gasteiger partial charge in [-0.15, -0.1) is 0 Å². The van der Waals surface area contributed by atoms with Gasteiger partial charge in [0.1, 0.15) is 5.78 Å². The second-order valence-electron chi connectivity index (χ2n) is 10.2. The van der Waals surface area contributed by atoms with Crippen molar-refractivity contribution in [2.45, 2.75) is 30.3 Å².